The van der Waals surface area contributed by atoms with Gasteiger partial charge in [0.1, 0.15) is 0 Å². The van der Waals surface area contributed by atoms with Gasteiger partial charge in [0.25, 0.3) is 0 Å². The van der Waals surface area contributed by atoms with Gasteiger partial charge in [0.05, 0.1) is 11.1 Å². The summed E-state index contributed by atoms with van der Waals surface area (Å²) in [4.78, 5) is 16.6. The molecule has 3 nitrogen and oxygen atoms in total. The highest BCUT2D eigenvalue weighted by Gasteiger charge is 2.11. The molecule has 0 aliphatic heterocycles. The maximum absolute atomic E-state index is 11.2. The van der Waals surface area contributed by atoms with Crippen LogP contribution in [0, 0.1) is 6.92 Å². The molecule has 0 spiro atoms. The number of rotatable bonds is 3. The van der Waals surface area contributed by atoms with E-state index in [0.717, 1.165) is 21.9 Å². The number of fused-ring (bicyclic) bond motifs is 1. The molecular weight excluding hydrogens is 234 g/mol. The van der Waals surface area contributed by atoms with Crippen LogP contribution in [0.1, 0.15) is 23.0 Å². The van der Waals surface area contributed by atoms with E-state index in [1.165, 1.54) is 0 Å². The van der Waals surface area contributed by atoms with E-state index < -0.39 is 5.97 Å². The van der Waals surface area contributed by atoms with E-state index in [-0.39, 0.29) is 0 Å². The fourth-order valence-corrected chi connectivity index (χ4v) is 2.47. The predicted molar refractivity (Wildman–Crippen MR) is 69.8 cm³/mol. The second-order valence-electron chi connectivity index (χ2n) is 3.73. The summed E-state index contributed by atoms with van der Waals surface area (Å²) in [5.74, 6) is 0.0619. The average Bonchev–Trinajstić information content (AvgIpc) is 2.28. The number of aryl methyl sites for hydroxylation is 1. The van der Waals surface area contributed by atoms with Crippen LogP contribution in [0.4, 0.5) is 0 Å². The maximum Gasteiger partial charge on any atom is 0.336 e. The van der Waals surface area contributed by atoms with Gasteiger partial charge in [0.2, 0.25) is 0 Å². The van der Waals surface area contributed by atoms with Gasteiger partial charge in [-0.1, -0.05) is 6.92 Å². The van der Waals surface area contributed by atoms with Crippen LogP contribution in [0.3, 0.4) is 0 Å². The SMILES string of the molecule is CCSc1ccc2nc(C)cc(C(=O)O)c2c1. The number of benzene rings is 1. The Hall–Kier alpha value is -1.55. The van der Waals surface area contributed by atoms with E-state index in [0.29, 0.717) is 10.9 Å². The molecule has 0 aliphatic carbocycles. The molecule has 0 saturated carbocycles. The van der Waals surface area contributed by atoms with Crippen LogP contribution >= 0.6 is 11.8 Å². The highest BCUT2D eigenvalue weighted by Crippen LogP contribution is 2.25. The monoisotopic (exact) mass is 247 g/mol. The molecule has 0 fully saturated rings. The maximum atomic E-state index is 11.2. The first-order valence-electron chi connectivity index (χ1n) is 5.39. The number of pyridine rings is 1. The smallest absolute Gasteiger partial charge is 0.336 e. The summed E-state index contributed by atoms with van der Waals surface area (Å²) in [5.41, 5.74) is 1.79. The minimum Gasteiger partial charge on any atom is -0.478 e. The van der Waals surface area contributed by atoms with Gasteiger partial charge in [-0.05, 0) is 36.9 Å². The van der Waals surface area contributed by atoms with Crippen molar-refractivity contribution in [2.75, 3.05) is 5.75 Å². The fraction of sp³-hybridized carbons (Fsp3) is 0.231. The number of hydrogen-bond acceptors (Lipinski definition) is 3. The number of aromatic nitrogens is 1. The zero-order valence-corrected chi connectivity index (χ0v) is 10.5. The third kappa shape index (κ3) is 2.42. The molecule has 4 heteroatoms. The number of thioether (sulfide) groups is 1. The van der Waals surface area contributed by atoms with E-state index in [1.54, 1.807) is 24.8 Å². The van der Waals surface area contributed by atoms with Crippen LogP contribution < -0.4 is 0 Å². The van der Waals surface area contributed by atoms with Crippen molar-refractivity contribution >= 4 is 28.6 Å². The zero-order chi connectivity index (χ0) is 12.4. The lowest BCUT2D eigenvalue weighted by atomic mass is 10.1. The average molecular weight is 247 g/mol. The lowest BCUT2D eigenvalue weighted by molar-refractivity contribution is 0.0699. The van der Waals surface area contributed by atoms with Crippen LogP contribution in [0.5, 0.6) is 0 Å². The highest BCUT2D eigenvalue weighted by molar-refractivity contribution is 7.99. The Labute approximate surface area is 104 Å². The lowest BCUT2D eigenvalue weighted by Crippen LogP contribution is -2.00. The quantitative estimate of drug-likeness (QED) is 0.845. The molecule has 0 amide bonds. The minimum atomic E-state index is -0.904. The van der Waals surface area contributed by atoms with Crippen molar-refractivity contribution in [2.24, 2.45) is 0 Å². The first-order valence-corrected chi connectivity index (χ1v) is 6.38. The molecule has 2 rings (SSSR count). The Morgan fingerprint density at radius 1 is 1.41 bits per heavy atom. The molecule has 0 radical (unpaired) electrons. The van der Waals surface area contributed by atoms with Gasteiger partial charge >= 0.3 is 5.97 Å². The Morgan fingerprint density at radius 3 is 2.82 bits per heavy atom. The van der Waals surface area contributed by atoms with Crippen molar-refractivity contribution in [3.8, 4) is 0 Å². The normalized spacial score (nSPS) is 10.7. The largest absolute Gasteiger partial charge is 0.478 e. The Morgan fingerprint density at radius 2 is 2.18 bits per heavy atom. The second kappa shape index (κ2) is 4.75. The van der Waals surface area contributed by atoms with Gasteiger partial charge in [-0.3, -0.25) is 4.98 Å². The molecule has 1 aromatic carbocycles. The Kier molecular flexibility index (Phi) is 3.33. The van der Waals surface area contributed by atoms with E-state index in [2.05, 4.69) is 11.9 Å². The minimum absolute atomic E-state index is 0.325. The first kappa shape index (κ1) is 11.9. The fourth-order valence-electron chi connectivity index (χ4n) is 1.77. The van der Waals surface area contributed by atoms with Crippen LogP contribution in [0.15, 0.2) is 29.2 Å². The van der Waals surface area contributed by atoms with Gasteiger partial charge in [-0.25, -0.2) is 4.79 Å². The summed E-state index contributed by atoms with van der Waals surface area (Å²) in [5, 5.41) is 9.90. The third-order valence-corrected chi connectivity index (χ3v) is 3.33. The molecule has 0 atom stereocenters. The molecule has 1 aromatic heterocycles. The molecule has 17 heavy (non-hydrogen) atoms. The van der Waals surface area contributed by atoms with Gasteiger partial charge in [-0.2, -0.15) is 0 Å². The van der Waals surface area contributed by atoms with Gasteiger partial charge in [0.15, 0.2) is 0 Å². The van der Waals surface area contributed by atoms with E-state index >= 15 is 0 Å². The zero-order valence-electron chi connectivity index (χ0n) is 9.73. The molecule has 88 valence electrons. The van der Waals surface area contributed by atoms with Crippen LogP contribution in [0.25, 0.3) is 10.9 Å². The Balaban J connectivity index is 2.69. The topological polar surface area (TPSA) is 50.2 Å². The van der Waals surface area contributed by atoms with Crippen molar-refractivity contribution in [3.05, 3.63) is 35.5 Å². The summed E-state index contributed by atoms with van der Waals surface area (Å²) in [7, 11) is 0. The van der Waals surface area contributed by atoms with Crippen molar-refractivity contribution in [3.63, 3.8) is 0 Å². The van der Waals surface area contributed by atoms with Crippen LogP contribution in [-0.2, 0) is 0 Å². The second-order valence-corrected chi connectivity index (χ2v) is 5.07. The summed E-state index contributed by atoms with van der Waals surface area (Å²) in [6.07, 6.45) is 0. The van der Waals surface area contributed by atoms with Gasteiger partial charge < -0.3 is 5.11 Å². The summed E-state index contributed by atoms with van der Waals surface area (Å²) >= 11 is 1.69. The van der Waals surface area contributed by atoms with E-state index in [9.17, 15) is 9.90 Å². The van der Waals surface area contributed by atoms with Gasteiger partial charge in [-0.15, -0.1) is 11.8 Å². The number of hydrogen-bond donors (Lipinski definition) is 1. The van der Waals surface area contributed by atoms with Crippen LogP contribution in [-0.4, -0.2) is 21.8 Å². The number of carboxylic acids is 1. The molecule has 0 bridgehead atoms. The standard InChI is InChI=1S/C13H13NO2S/c1-3-17-9-4-5-12-10(7-9)11(13(15)16)6-8(2)14-12/h4-7H,3H2,1-2H3,(H,15,16). The molecule has 0 unspecified atom stereocenters. The molecule has 1 N–H and O–H groups in total. The summed E-state index contributed by atoms with van der Waals surface area (Å²) in [6.45, 7) is 3.88. The summed E-state index contributed by atoms with van der Waals surface area (Å²) in [6, 6.07) is 7.38. The van der Waals surface area contributed by atoms with E-state index in [1.807, 2.05) is 18.2 Å². The molecule has 1 heterocycles. The van der Waals surface area contributed by atoms with Crippen molar-refractivity contribution < 1.29 is 9.90 Å². The predicted octanol–water partition coefficient (Wildman–Crippen LogP) is 3.35. The van der Waals surface area contributed by atoms with Crippen LogP contribution in [0.2, 0.25) is 0 Å². The third-order valence-electron chi connectivity index (χ3n) is 2.45. The van der Waals surface area contributed by atoms with Crippen molar-refractivity contribution in [2.45, 2.75) is 18.7 Å². The van der Waals surface area contributed by atoms with Crippen molar-refractivity contribution in [1.29, 1.82) is 0 Å². The highest BCUT2D eigenvalue weighted by atomic mass is 32.2. The lowest BCUT2D eigenvalue weighted by Gasteiger charge is -2.06. The summed E-state index contributed by atoms with van der Waals surface area (Å²) < 4.78 is 0. The first-order chi connectivity index (χ1) is 8.11. The number of nitrogens with zero attached hydrogens (tertiary/aromatic N) is 1. The van der Waals surface area contributed by atoms with E-state index in [4.69, 9.17) is 0 Å². The number of aromatic carboxylic acids is 1. The van der Waals surface area contributed by atoms with Gasteiger partial charge in [0, 0.05) is 16.0 Å². The molecule has 0 saturated heterocycles. The number of carbonyl (C=O) groups is 1. The Bertz CT molecular complexity index is 581. The van der Waals surface area contributed by atoms with Crippen molar-refractivity contribution in [1.82, 2.24) is 4.98 Å². The molecular formula is C13H13NO2S. The molecule has 2 aromatic rings. The number of carboxylic acid groups (broad SMARTS) is 1. The molecule has 0 aliphatic rings.